The topological polar surface area (TPSA) is 59.9 Å². The maximum Gasteiger partial charge on any atom is 0.147 e. The summed E-state index contributed by atoms with van der Waals surface area (Å²) in [4.78, 5) is 8.76. The maximum absolute atomic E-state index is 11.6. The summed E-state index contributed by atoms with van der Waals surface area (Å²) in [5.74, 6) is -0.0155. The first-order chi connectivity index (χ1) is 12.7. The molecule has 1 aromatic heterocycles. The van der Waals surface area contributed by atoms with E-state index in [1.165, 1.54) is 12.6 Å². The van der Waals surface area contributed by atoms with Gasteiger partial charge in [0.1, 0.15) is 16.2 Å². The fraction of sp³-hybridized carbons (Fsp3) is 0.158. The average molecular weight is 442 g/mol. The van der Waals surface area contributed by atoms with E-state index in [1.807, 2.05) is 12.1 Å². The molecule has 27 heavy (non-hydrogen) atoms. The van der Waals surface area contributed by atoms with E-state index in [9.17, 15) is 8.42 Å². The fourth-order valence-corrected chi connectivity index (χ4v) is 3.89. The second-order valence-corrected chi connectivity index (χ2v) is 9.59. The quantitative estimate of drug-likeness (QED) is 0.535. The fourth-order valence-electron chi connectivity index (χ4n) is 2.70. The number of aromatic nitrogens is 2. The molecule has 0 radical (unpaired) electrons. The summed E-state index contributed by atoms with van der Waals surface area (Å²) in [5.41, 5.74) is 3.47. The summed E-state index contributed by atoms with van der Waals surface area (Å²) < 4.78 is 23.3. The van der Waals surface area contributed by atoms with Gasteiger partial charge in [0.2, 0.25) is 0 Å². The van der Waals surface area contributed by atoms with Crippen molar-refractivity contribution in [3.8, 4) is 22.4 Å². The molecule has 3 aromatic rings. The molecule has 2 aromatic carbocycles. The first-order valence-corrected chi connectivity index (χ1v) is 11.2. The second-order valence-electron chi connectivity index (χ2n) is 6.05. The van der Waals surface area contributed by atoms with Crippen molar-refractivity contribution in [2.45, 2.75) is 6.42 Å². The predicted octanol–water partition coefficient (Wildman–Crippen LogP) is 5.36. The molecule has 0 spiro atoms. The summed E-state index contributed by atoms with van der Waals surface area (Å²) >= 11 is 18.4. The first-order valence-electron chi connectivity index (χ1n) is 7.97. The Morgan fingerprint density at radius 3 is 2.22 bits per heavy atom. The predicted molar refractivity (Wildman–Crippen MR) is 111 cm³/mol. The van der Waals surface area contributed by atoms with Crippen LogP contribution < -0.4 is 0 Å². The van der Waals surface area contributed by atoms with Gasteiger partial charge in [-0.15, -0.1) is 0 Å². The highest BCUT2D eigenvalue weighted by molar-refractivity contribution is 7.90. The number of hydrogen-bond acceptors (Lipinski definition) is 4. The van der Waals surface area contributed by atoms with Crippen molar-refractivity contribution >= 4 is 44.6 Å². The van der Waals surface area contributed by atoms with Crippen LogP contribution in [-0.2, 0) is 16.3 Å². The van der Waals surface area contributed by atoms with Crippen LogP contribution in [0.25, 0.3) is 22.4 Å². The zero-order chi connectivity index (χ0) is 19.6. The van der Waals surface area contributed by atoms with Crippen molar-refractivity contribution in [3.63, 3.8) is 0 Å². The Morgan fingerprint density at radius 1 is 0.926 bits per heavy atom. The van der Waals surface area contributed by atoms with Crippen molar-refractivity contribution in [2.24, 2.45) is 0 Å². The Labute approximate surface area is 173 Å². The van der Waals surface area contributed by atoms with Crippen molar-refractivity contribution in [1.82, 2.24) is 9.97 Å². The van der Waals surface area contributed by atoms with E-state index in [0.29, 0.717) is 32.0 Å². The Morgan fingerprint density at radius 2 is 1.59 bits per heavy atom. The van der Waals surface area contributed by atoms with Gasteiger partial charge in [0.05, 0.1) is 22.2 Å². The molecule has 0 saturated heterocycles. The van der Waals surface area contributed by atoms with Gasteiger partial charge in [-0.2, -0.15) is 0 Å². The number of halogens is 3. The van der Waals surface area contributed by atoms with Gasteiger partial charge in [0.15, 0.2) is 0 Å². The average Bonchev–Trinajstić information content (AvgIpc) is 2.60. The monoisotopic (exact) mass is 440 g/mol. The van der Waals surface area contributed by atoms with Gasteiger partial charge in [-0.05, 0) is 35.9 Å². The minimum Gasteiger partial charge on any atom is -0.241 e. The van der Waals surface area contributed by atoms with E-state index in [1.54, 1.807) is 30.3 Å². The van der Waals surface area contributed by atoms with E-state index >= 15 is 0 Å². The van der Waals surface area contributed by atoms with Crippen LogP contribution in [0.4, 0.5) is 0 Å². The van der Waals surface area contributed by atoms with E-state index in [-0.39, 0.29) is 12.2 Å². The van der Waals surface area contributed by atoms with E-state index < -0.39 is 9.84 Å². The maximum atomic E-state index is 11.6. The van der Waals surface area contributed by atoms with Gasteiger partial charge in [0, 0.05) is 33.8 Å². The minimum atomic E-state index is -3.14. The van der Waals surface area contributed by atoms with Crippen molar-refractivity contribution in [3.05, 3.63) is 69.6 Å². The summed E-state index contributed by atoms with van der Waals surface area (Å²) in [5, 5.41) is 1.56. The van der Waals surface area contributed by atoms with Crippen LogP contribution in [0.5, 0.6) is 0 Å². The molecular weight excluding hydrogens is 427 g/mol. The van der Waals surface area contributed by atoms with Gasteiger partial charge in [0.25, 0.3) is 0 Å². The Hall–Kier alpha value is -1.66. The third-order valence-corrected chi connectivity index (χ3v) is 5.70. The molecule has 140 valence electrons. The minimum absolute atomic E-state index is 0.0155. The molecule has 3 rings (SSSR count). The smallest absolute Gasteiger partial charge is 0.147 e. The molecule has 4 nitrogen and oxygen atoms in total. The molecule has 0 aliphatic heterocycles. The lowest BCUT2D eigenvalue weighted by atomic mass is 9.96. The molecule has 0 amide bonds. The van der Waals surface area contributed by atoms with E-state index in [4.69, 9.17) is 34.8 Å². The highest BCUT2D eigenvalue weighted by Gasteiger charge is 2.18. The third-order valence-electron chi connectivity index (χ3n) is 3.95. The van der Waals surface area contributed by atoms with Crippen molar-refractivity contribution < 1.29 is 8.42 Å². The van der Waals surface area contributed by atoms with Crippen LogP contribution in [-0.4, -0.2) is 30.4 Å². The Kier molecular flexibility index (Phi) is 6.06. The van der Waals surface area contributed by atoms with Crippen molar-refractivity contribution in [2.75, 3.05) is 12.0 Å². The SMILES string of the molecule is CS(=O)(=O)CCc1ncnc(-c2ccc(Cl)cc2Cl)c1-c1ccc(Cl)cc1. The summed E-state index contributed by atoms with van der Waals surface area (Å²) in [6.07, 6.45) is 2.88. The lowest BCUT2D eigenvalue weighted by molar-refractivity contribution is 0.601. The van der Waals surface area contributed by atoms with Crippen LogP contribution in [0, 0.1) is 0 Å². The van der Waals surface area contributed by atoms with Crippen LogP contribution in [0.1, 0.15) is 5.69 Å². The molecule has 0 fully saturated rings. The number of rotatable bonds is 5. The third kappa shape index (κ3) is 4.99. The lowest BCUT2D eigenvalue weighted by Gasteiger charge is -2.15. The Balaban J connectivity index is 2.22. The number of aryl methyl sites for hydroxylation is 1. The van der Waals surface area contributed by atoms with Gasteiger partial charge in [-0.3, -0.25) is 0 Å². The molecule has 0 aliphatic rings. The molecule has 0 aliphatic carbocycles. The van der Waals surface area contributed by atoms with Gasteiger partial charge >= 0.3 is 0 Å². The number of nitrogens with zero attached hydrogens (tertiary/aromatic N) is 2. The molecular formula is C19H15Cl3N2O2S. The molecule has 0 atom stereocenters. The highest BCUT2D eigenvalue weighted by Crippen LogP contribution is 2.37. The van der Waals surface area contributed by atoms with Crippen LogP contribution in [0.3, 0.4) is 0 Å². The number of sulfone groups is 1. The van der Waals surface area contributed by atoms with Gasteiger partial charge in [-0.25, -0.2) is 18.4 Å². The molecule has 8 heteroatoms. The molecule has 0 bridgehead atoms. The Bertz CT molecular complexity index is 1080. The molecule has 0 unspecified atom stereocenters. The zero-order valence-electron chi connectivity index (χ0n) is 14.3. The molecule has 0 N–H and O–H groups in total. The summed E-state index contributed by atoms with van der Waals surface area (Å²) in [6.45, 7) is 0. The zero-order valence-corrected chi connectivity index (χ0v) is 17.4. The van der Waals surface area contributed by atoms with Gasteiger partial charge in [-0.1, -0.05) is 46.9 Å². The normalized spacial score (nSPS) is 11.6. The van der Waals surface area contributed by atoms with E-state index in [2.05, 4.69) is 9.97 Å². The lowest BCUT2D eigenvalue weighted by Crippen LogP contribution is -2.09. The van der Waals surface area contributed by atoms with Crippen LogP contribution in [0.2, 0.25) is 15.1 Å². The summed E-state index contributed by atoms with van der Waals surface area (Å²) in [6, 6.07) is 12.4. The van der Waals surface area contributed by atoms with Gasteiger partial charge < -0.3 is 0 Å². The molecule has 1 heterocycles. The number of benzene rings is 2. The van der Waals surface area contributed by atoms with E-state index in [0.717, 1.165) is 11.1 Å². The number of hydrogen-bond donors (Lipinski definition) is 0. The van der Waals surface area contributed by atoms with Crippen LogP contribution in [0.15, 0.2) is 48.8 Å². The molecule has 0 saturated carbocycles. The standard InChI is InChI=1S/C19H15Cl3N2O2S/c1-27(25,26)9-8-17-18(12-2-4-13(20)5-3-12)19(24-11-23-17)15-7-6-14(21)10-16(15)22/h2-7,10-11H,8-9H2,1H3. The van der Waals surface area contributed by atoms with Crippen molar-refractivity contribution in [1.29, 1.82) is 0 Å². The highest BCUT2D eigenvalue weighted by atomic mass is 35.5. The van der Waals surface area contributed by atoms with Crippen LogP contribution >= 0.6 is 34.8 Å². The summed E-state index contributed by atoms with van der Waals surface area (Å²) in [7, 11) is -3.14. The first kappa shape index (κ1) is 20.1. The largest absolute Gasteiger partial charge is 0.241 e. The second kappa shape index (κ2) is 8.15.